The lowest BCUT2D eigenvalue weighted by molar-refractivity contribution is -0.139. The number of fused-ring (bicyclic) bond motifs is 1. The van der Waals surface area contributed by atoms with Crippen molar-refractivity contribution in [1.29, 1.82) is 0 Å². The van der Waals surface area contributed by atoms with E-state index >= 15 is 0 Å². The Hall–Kier alpha value is -3.24. The van der Waals surface area contributed by atoms with Crippen LogP contribution in [-0.4, -0.2) is 79.4 Å². The van der Waals surface area contributed by atoms with Crippen molar-refractivity contribution in [2.24, 2.45) is 10.9 Å². The van der Waals surface area contributed by atoms with Crippen molar-refractivity contribution >= 4 is 52.5 Å². The number of carbonyl (C=O) groups is 1. The second-order valence-corrected chi connectivity index (χ2v) is 10.4. The van der Waals surface area contributed by atoms with Gasteiger partial charge in [0.1, 0.15) is 11.7 Å². The van der Waals surface area contributed by atoms with E-state index in [-0.39, 0.29) is 0 Å². The first-order valence-electron chi connectivity index (χ1n) is 12.9. The van der Waals surface area contributed by atoms with Gasteiger partial charge in [0, 0.05) is 37.7 Å². The number of carboxylic acid groups (broad SMARTS) is 1. The first-order valence-corrected chi connectivity index (χ1v) is 13.7. The zero-order valence-electron chi connectivity index (χ0n) is 21.1. The number of morpholine rings is 2. The Balaban J connectivity index is 1.65. The molecule has 2 fully saturated rings. The Bertz CT molecular complexity index is 1410. The lowest BCUT2D eigenvalue weighted by atomic mass is 9.74. The summed E-state index contributed by atoms with van der Waals surface area (Å²) < 4.78 is 11.2. The summed E-state index contributed by atoms with van der Waals surface area (Å²) in [5.74, 6) is -1.17. The Kier molecular flexibility index (Phi) is 7.40. The maximum Gasteiger partial charge on any atom is 0.313 e. The molecule has 0 aliphatic carbocycles. The number of aliphatic imine (C=N–C) groups is 1. The van der Waals surface area contributed by atoms with E-state index in [9.17, 15) is 9.90 Å². The number of ether oxygens (including phenoxy) is 2. The predicted octanol–water partition coefficient (Wildman–Crippen LogP) is 4.42. The molecule has 9 nitrogen and oxygen atoms in total. The van der Waals surface area contributed by atoms with Crippen molar-refractivity contribution < 1.29 is 19.4 Å². The van der Waals surface area contributed by atoms with Gasteiger partial charge in [-0.25, -0.2) is 4.99 Å². The van der Waals surface area contributed by atoms with Crippen LogP contribution in [0.25, 0.3) is 0 Å². The second kappa shape index (κ2) is 11.1. The van der Waals surface area contributed by atoms with Gasteiger partial charge in [-0.1, -0.05) is 65.7 Å². The smallest absolute Gasteiger partial charge is 0.313 e. The molecule has 6 rings (SSSR count). The van der Waals surface area contributed by atoms with Gasteiger partial charge in [-0.2, -0.15) is 9.97 Å². The highest BCUT2D eigenvalue weighted by atomic mass is 35.5. The molecule has 2 aromatic carbocycles. The number of aliphatic carboxylic acids is 1. The standard InChI is InChI=1S/C28H27Cl2N5O4/c29-19-8-4-7-18(23(19)30)20-21(27(36)37)24(17-5-2-1-3-6-17)31-25-22(20)26(34-9-13-38-14-10-34)33-28(32-25)35-11-15-39-16-12-35/h1-8,20-21H,9-16H2,(H,36,37). The van der Waals surface area contributed by atoms with Crippen LogP contribution in [0.2, 0.25) is 10.0 Å². The van der Waals surface area contributed by atoms with Gasteiger partial charge in [0.15, 0.2) is 5.82 Å². The summed E-state index contributed by atoms with van der Waals surface area (Å²) in [6.07, 6.45) is 0. The van der Waals surface area contributed by atoms with Crippen LogP contribution in [0.15, 0.2) is 53.5 Å². The van der Waals surface area contributed by atoms with Crippen LogP contribution in [0, 0.1) is 5.92 Å². The van der Waals surface area contributed by atoms with E-state index in [1.54, 1.807) is 12.1 Å². The highest BCUT2D eigenvalue weighted by molar-refractivity contribution is 6.42. The summed E-state index contributed by atoms with van der Waals surface area (Å²) >= 11 is 13.3. The van der Waals surface area contributed by atoms with Crippen molar-refractivity contribution in [2.45, 2.75) is 5.92 Å². The maximum atomic E-state index is 13.1. The van der Waals surface area contributed by atoms with E-state index in [1.165, 1.54) is 0 Å². The monoisotopic (exact) mass is 567 g/mol. The van der Waals surface area contributed by atoms with Crippen molar-refractivity contribution in [2.75, 3.05) is 62.4 Å². The molecule has 0 amide bonds. The Morgan fingerprint density at radius 1 is 0.872 bits per heavy atom. The van der Waals surface area contributed by atoms with Crippen LogP contribution in [0.3, 0.4) is 0 Å². The zero-order valence-corrected chi connectivity index (χ0v) is 22.6. The van der Waals surface area contributed by atoms with Crippen molar-refractivity contribution in [3.8, 4) is 0 Å². The summed E-state index contributed by atoms with van der Waals surface area (Å²) in [4.78, 5) is 32.2. The fourth-order valence-corrected chi connectivity index (χ4v) is 5.86. The van der Waals surface area contributed by atoms with Crippen LogP contribution in [0.1, 0.15) is 22.6 Å². The first kappa shape index (κ1) is 26.0. The first-order chi connectivity index (χ1) is 19.0. The zero-order chi connectivity index (χ0) is 26.9. The van der Waals surface area contributed by atoms with E-state index in [0.717, 1.165) is 0 Å². The van der Waals surface area contributed by atoms with E-state index in [2.05, 4.69) is 9.80 Å². The number of hydrogen-bond donors (Lipinski definition) is 1. The number of nitrogens with zero attached hydrogens (tertiary/aromatic N) is 5. The molecule has 1 aromatic heterocycles. The predicted molar refractivity (Wildman–Crippen MR) is 150 cm³/mol. The molecule has 2 unspecified atom stereocenters. The van der Waals surface area contributed by atoms with Crippen molar-refractivity contribution in [3.05, 3.63) is 75.3 Å². The summed E-state index contributed by atoms with van der Waals surface area (Å²) in [6, 6.07) is 14.7. The summed E-state index contributed by atoms with van der Waals surface area (Å²) in [6.45, 7) is 4.74. The van der Waals surface area contributed by atoms with Crippen LogP contribution < -0.4 is 9.80 Å². The van der Waals surface area contributed by atoms with Crippen molar-refractivity contribution in [1.82, 2.24) is 9.97 Å². The number of rotatable bonds is 5. The summed E-state index contributed by atoms with van der Waals surface area (Å²) in [5.41, 5.74) is 2.35. The molecule has 39 heavy (non-hydrogen) atoms. The van der Waals surface area contributed by atoms with Gasteiger partial charge in [0.25, 0.3) is 0 Å². The third-order valence-corrected chi connectivity index (χ3v) is 8.15. The lowest BCUT2D eigenvalue weighted by Crippen LogP contribution is -2.41. The van der Waals surface area contributed by atoms with Crippen LogP contribution in [-0.2, 0) is 14.3 Å². The molecule has 3 aliphatic rings. The Labute approximate surface area is 236 Å². The average molecular weight is 568 g/mol. The van der Waals surface area contributed by atoms with Gasteiger partial charge in [0.05, 0.1) is 42.2 Å². The Morgan fingerprint density at radius 3 is 2.21 bits per heavy atom. The maximum absolute atomic E-state index is 13.1. The number of carboxylic acids is 1. The minimum Gasteiger partial charge on any atom is -0.481 e. The Morgan fingerprint density at radius 2 is 1.54 bits per heavy atom. The van der Waals surface area contributed by atoms with Gasteiger partial charge in [0.2, 0.25) is 5.95 Å². The molecule has 2 saturated heterocycles. The number of halogens is 2. The minimum absolute atomic E-state index is 0.306. The van der Waals surface area contributed by atoms with E-state index in [0.29, 0.717) is 103 Å². The topological polar surface area (TPSA) is 100 Å². The van der Waals surface area contributed by atoms with E-state index in [1.807, 2.05) is 36.4 Å². The van der Waals surface area contributed by atoms with Gasteiger partial charge >= 0.3 is 5.97 Å². The van der Waals surface area contributed by atoms with Crippen LogP contribution in [0.5, 0.6) is 0 Å². The highest BCUT2D eigenvalue weighted by Crippen LogP contribution is 2.49. The molecule has 2 atom stereocenters. The van der Waals surface area contributed by atoms with Crippen LogP contribution in [0.4, 0.5) is 17.6 Å². The molecule has 0 radical (unpaired) electrons. The molecule has 3 aliphatic heterocycles. The molecule has 0 spiro atoms. The second-order valence-electron chi connectivity index (χ2n) is 9.58. The van der Waals surface area contributed by atoms with E-state index in [4.69, 9.17) is 47.6 Å². The SMILES string of the molecule is O=C(O)C1C(c2ccccc2)=Nc2nc(N3CCOCC3)nc(N3CCOCC3)c2C1c1cccc(Cl)c1Cl. The molecular weight excluding hydrogens is 541 g/mol. The quantitative estimate of drug-likeness (QED) is 0.483. The highest BCUT2D eigenvalue weighted by Gasteiger charge is 2.44. The molecule has 11 heteroatoms. The van der Waals surface area contributed by atoms with E-state index < -0.39 is 17.8 Å². The third kappa shape index (κ3) is 4.96. The number of aromatic nitrogens is 2. The normalized spacial score (nSPS) is 21.3. The van der Waals surface area contributed by atoms with Crippen molar-refractivity contribution in [3.63, 3.8) is 0 Å². The number of hydrogen-bond acceptors (Lipinski definition) is 8. The third-order valence-electron chi connectivity index (χ3n) is 7.32. The summed E-state index contributed by atoms with van der Waals surface area (Å²) in [7, 11) is 0. The van der Waals surface area contributed by atoms with Gasteiger partial charge in [-0.3, -0.25) is 4.79 Å². The molecule has 0 bridgehead atoms. The molecule has 3 aromatic rings. The largest absolute Gasteiger partial charge is 0.481 e. The molecule has 4 heterocycles. The summed E-state index contributed by atoms with van der Waals surface area (Å²) in [5, 5.41) is 11.3. The number of benzene rings is 2. The fraction of sp³-hybridized carbons (Fsp3) is 0.357. The average Bonchev–Trinajstić information content (AvgIpc) is 2.98. The fourth-order valence-electron chi connectivity index (χ4n) is 5.44. The van der Waals surface area contributed by atoms with Gasteiger partial charge in [-0.15, -0.1) is 0 Å². The molecular formula is C28H27Cl2N5O4. The van der Waals surface area contributed by atoms with Gasteiger partial charge in [-0.05, 0) is 17.2 Å². The molecule has 1 N–H and O–H groups in total. The minimum atomic E-state index is -1.05. The number of anilines is 2. The van der Waals surface area contributed by atoms with Crippen LogP contribution >= 0.6 is 23.2 Å². The molecule has 202 valence electrons. The van der Waals surface area contributed by atoms with Gasteiger partial charge < -0.3 is 24.4 Å². The lowest BCUT2D eigenvalue weighted by Gasteiger charge is -2.37. The molecule has 0 saturated carbocycles.